The maximum Gasteiger partial charge on any atom is 0.339 e. The Kier molecular flexibility index (Phi) is 5.68. The van der Waals surface area contributed by atoms with Gasteiger partial charge in [0.15, 0.2) is 0 Å². The van der Waals surface area contributed by atoms with Crippen LogP contribution in [0.4, 0.5) is 17.1 Å². The van der Waals surface area contributed by atoms with E-state index >= 15 is 0 Å². The van der Waals surface area contributed by atoms with Crippen LogP contribution in [-0.4, -0.2) is 24.0 Å². The van der Waals surface area contributed by atoms with E-state index in [1.54, 1.807) is 48.7 Å². The number of para-hydroxylation sites is 1. The van der Waals surface area contributed by atoms with E-state index in [2.05, 4.69) is 15.6 Å². The second-order valence-corrected chi connectivity index (χ2v) is 6.03. The van der Waals surface area contributed by atoms with Crippen molar-refractivity contribution in [1.82, 2.24) is 4.98 Å². The summed E-state index contributed by atoms with van der Waals surface area (Å²) in [6, 6.07) is 15.5. The summed E-state index contributed by atoms with van der Waals surface area (Å²) in [5.74, 6) is -0.922. The van der Waals surface area contributed by atoms with E-state index < -0.39 is 11.9 Å². The van der Waals surface area contributed by atoms with Crippen molar-refractivity contribution in [2.24, 2.45) is 0 Å². The van der Waals surface area contributed by atoms with E-state index in [0.29, 0.717) is 22.0 Å². The van der Waals surface area contributed by atoms with Crippen molar-refractivity contribution in [2.75, 3.05) is 17.7 Å². The zero-order valence-corrected chi connectivity index (χ0v) is 15.2. The van der Waals surface area contributed by atoms with Crippen LogP contribution in [-0.2, 0) is 4.74 Å². The maximum atomic E-state index is 12.6. The van der Waals surface area contributed by atoms with Crippen molar-refractivity contribution in [3.8, 4) is 0 Å². The molecule has 0 atom stereocenters. The molecule has 1 amide bonds. The normalized spacial score (nSPS) is 10.1. The van der Waals surface area contributed by atoms with Crippen LogP contribution in [0.5, 0.6) is 0 Å². The number of carbonyl (C=O) groups excluding carboxylic acids is 2. The van der Waals surface area contributed by atoms with Crippen LogP contribution in [0.1, 0.15) is 20.7 Å². The summed E-state index contributed by atoms with van der Waals surface area (Å²) >= 11 is 5.98. The summed E-state index contributed by atoms with van der Waals surface area (Å²) in [7, 11) is 1.29. The third kappa shape index (κ3) is 4.62. The molecule has 2 aromatic carbocycles. The molecule has 0 unspecified atom stereocenters. The molecule has 3 rings (SSSR count). The SMILES string of the molecule is COC(=O)c1ccccc1NC(=O)c1cncc(Nc2cccc(Cl)c2)c1. The number of nitrogens with one attached hydrogen (secondary N) is 2. The van der Waals surface area contributed by atoms with Gasteiger partial charge < -0.3 is 15.4 Å². The third-order valence-electron chi connectivity index (χ3n) is 3.69. The lowest BCUT2D eigenvalue weighted by atomic mass is 10.1. The van der Waals surface area contributed by atoms with Gasteiger partial charge in [-0.3, -0.25) is 9.78 Å². The van der Waals surface area contributed by atoms with Gasteiger partial charge in [-0.2, -0.15) is 0 Å². The number of ether oxygens (including phenoxy) is 1. The Labute approximate surface area is 161 Å². The number of amides is 1. The van der Waals surface area contributed by atoms with Crippen LogP contribution in [0, 0.1) is 0 Å². The van der Waals surface area contributed by atoms with E-state index in [0.717, 1.165) is 5.69 Å². The Morgan fingerprint density at radius 2 is 1.81 bits per heavy atom. The minimum absolute atomic E-state index is 0.273. The zero-order valence-electron chi connectivity index (χ0n) is 14.4. The summed E-state index contributed by atoms with van der Waals surface area (Å²) in [5, 5.41) is 6.45. The molecule has 2 N–H and O–H groups in total. The number of pyridine rings is 1. The second kappa shape index (κ2) is 8.33. The lowest BCUT2D eigenvalue weighted by molar-refractivity contribution is 0.0602. The van der Waals surface area contributed by atoms with Gasteiger partial charge >= 0.3 is 5.97 Å². The fourth-order valence-electron chi connectivity index (χ4n) is 2.44. The van der Waals surface area contributed by atoms with Crippen molar-refractivity contribution in [3.05, 3.63) is 83.1 Å². The molecule has 0 aliphatic rings. The third-order valence-corrected chi connectivity index (χ3v) is 3.93. The molecule has 0 aliphatic heterocycles. The van der Waals surface area contributed by atoms with E-state index in [9.17, 15) is 9.59 Å². The molecule has 0 spiro atoms. The highest BCUT2D eigenvalue weighted by molar-refractivity contribution is 6.30. The number of benzene rings is 2. The average Bonchev–Trinajstić information content (AvgIpc) is 2.68. The van der Waals surface area contributed by atoms with Gasteiger partial charge in [0.1, 0.15) is 0 Å². The van der Waals surface area contributed by atoms with Gasteiger partial charge in [0, 0.05) is 16.9 Å². The molecule has 0 bridgehead atoms. The highest BCUT2D eigenvalue weighted by Gasteiger charge is 2.14. The van der Waals surface area contributed by atoms with Gasteiger partial charge in [-0.15, -0.1) is 0 Å². The smallest absolute Gasteiger partial charge is 0.339 e. The predicted octanol–water partition coefficient (Wildman–Crippen LogP) is 4.52. The number of methoxy groups -OCH3 is 1. The fraction of sp³-hybridized carbons (Fsp3) is 0.0500. The number of nitrogens with zero attached hydrogens (tertiary/aromatic N) is 1. The monoisotopic (exact) mass is 381 g/mol. The number of hydrogen-bond acceptors (Lipinski definition) is 5. The molecule has 0 radical (unpaired) electrons. The lowest BCUT2D eigenvalue weighted by Crippen LogP contribution is -2.15. The number of carbonyl (C=O) groups is 2. The van der Waals surface area contributed by atoms with Crippen molar-refractivity contribution in [2.45, 2.75) is 0 Å². The predicted molar refractivity (Wildman–Crippen MR) is 105 cm³/mol. The molecule has 0 fully saturated rings. The summed E-state index contributed by atoms with van der Waals surface area (Å²) in [6.45, 7) is 0. The molecule has 7 heteroatoms. The molecule has 0 aliphatic carbocycles. The van der Waals surface area contributed by atoms with E-state index in [1.165, 1.54) is 13.3 Å². The minimum Gasteiger partial charge on any atom is -0.465 e. The Hall–Kier alpha value is -3.38. The van der Waals surface area contributed by atoms with E-state index in [-0.39, 0.29) is 5.56 Å². The van der Waals surface area contributed by atoms with Crippen LogP contribution < -0.4 is 10.6 Å². The number of hydrogen-bond donors (Lipinski definition) is 2. The Morgan fingerprint density at radius 3 is 2.59 bits per heavy atom. The number of aromatic nitrogens is 1. The number of anilines is 3. The quantitative estimate of drug-likeness (QED) is 0.635. The van der Waals surface area contributed by atoms with Crippen molar-refractivity contribution in [1.29, 1.82) is 0 Å². The Morgan fingerprint density at radius 1 is 1.00 bits per heavy atom. The largest absolute Gasteiger partial charge is 0.465 e. The van der Waals surface area contributed by atoms with E-state index in [1.807, 2.05) is 12.1 Å². The van der Waals surface area contributed by atoms with Gasteiger partial charge in [0.25, 0.3) is 5.91 Å². The zero-order chi connectivity index (χ0) is 19.2. The highest BCUT2D eigenvalue weighted by atomic mass is 35.5. The first kappa shape index (κ1) is 18.4. The highest BCUT2D eigenvalue weighted by Crippen LogP contribution is 2.21. The van der Waals surface area contributed by atoms with Crippen LogP contribution in [0.25, 0.3) is 0 Å². The maximum absolute atomic E-state index is 12.6. The van der Waals surface area contributed by atoms with Crippen molar-refractivity contribution in [3.63, 3.8) is 0 Å². The van der Waals surface area contributed by atoms with Crippen LogP contribution in [0.3, 0.4) is 0 Å². The summed E-state index contributed by atoms with van der Waals surface area (Å²) < 4.78 is 4.74. The number of esters is 1. The first-order valence-corrected chi connectivity index (χ1v) is 8.41. The summed E-state index contributed by atoms with van der Waals surface area (Å²) in [4.78, 5) is 28.5. The minimum atomic E-state index is -0.527. The van der Waals surface area contributed by atoms with Crippen molar-refractivity contribution < 1.29 is 14.3 Å². The molecule has 1 aromatic heterocycles. The lowest BCUT2D eigenvalue weighted by Gasteiger charge is -2.11. The van der Waals surface area contributed by atoms with Crippen molar-refractivity contribution >= 4 is 40.5 Å². The van der Waals surface area contributed by atoms with Crippen LogP contribution >= 0.6 is 11.6 Å². The molecule has 27 heavy (non-hydrogen) atoms. The first-order valence-electron chi connectivity index (χ1n) is 8.03. The molecular formula is C20H16ClN3O3. The van der Waals surface area contributed by atoms with Gasteiger partial charge in [0.2, 0.25) is 0 Å². The number of halogens is 1. The topological polar surface area (TPSA) is 80.3 Å². The summed E-state index contributed by atoms with van der Waals surface area (Å²) in [6.07, 6.45) is 3.04. The van der Waals surface area contributed by atoms with Gasteiger partial charge in [-0.1, -0.05) is 29.8 Å². The Balaban J connectivity index is 1.79. The average molecular weight is 382 g/mol. The molecular weight excluding hydrogens is 366 g/mol. The standard InChI is InChI=1S/C20H16ClN3O3/c1-27-20(26)17-7-2-3-8-18(17)24-19(25)13-9-16(12-22-11-13)23-15-6-4-5-14(21)10-15/h2-12,23H,1H3,(H,24,25). The Bertz CT molecular complexity index is 991. The molecule has 0 saturated carbocycles. The molecule has 0 saturated heterocycles. The molecule has 3 aromatic rings. The number of rotatable bonds is 5. The molecule has 1 heterocycles. The van der Waals surface area contributed by atoms with Gasteiger partial charge in [-0.25, -0.2) is 4.79 Å². The van der Waals surface area contributed by atoms with Gasteiger partial charge in [0.05, 0.1) is 35.8 Å². The second-order valence-electron chi connectivity index (χ2n) is 5.59. The summed E-state index contributed by atoms with van der Waals surface area (Å²) in [5.41, 5.74) is 2.38. The first-order chi connectivity index (χ1) is 13.1. The van der Waals surface area contributed by atoms with E-state index in [4.69, 9.17) is 16.3 Å². The van der Waals surface area contributed by atoms with Crippen LogP contribution in [0.2, 0.25) is 5.02 Å². The molecule has 6 nitrogen and oxygen atoms in total. The van der Waals surface area contributed by atoms with Crippen LogP contribution in [0.15, 0.2) is 67.0 Å². The van der Waals surface area contributed by atoms with Gasteiger partial charge in [-0.05, 0) is 36.4 Å². The molecule has 136 valence electrons. The fourth-order valence-corrected chi connectivity index (χ4v) is 2.63.